The van der Waals surface area contributed by atoms with E-state index in [0.717, 1.165) is 36.4 Å². The Morgan fingerprint density at radius 2 is 2.17 bits per heavy atom. The standard InChI is InChI=1S/C18H28N2O3/c1-11-13(12(2)20(5)19-11)8-9-15(21)23-17-14-7-6-10-22-16(14)18(17,3)4/h14,16-17H,6-10H2,1-5H3. The highest BCUT2D eigenvalue weighted by Gasteiger charge is 2.60. The van der Waals surface area contributed by atoms with E-state index in [-0.39, 0.29) is 23.6 Å². The fraction of sp³-hybridized carbons (Fsp3) is 0.778. The van der Waals surface area contributed by atoms with Gasteiger partial charge in [-0.15, -0.1) is 0 Å². The molecule has 0 N–H and O–H groups in total. The molecule has 2 heterocycles. The lowest BCUT2D eigenvalue weighted by Gasteiger charge is -2.58. The number of esters is 1. The first-order valence-corrected chi connectivity index (χ1v) is 8.62. The van der Waals surface area contributed by atoms with Gasteiger partial charge in [0.15, 0.2) is 0 Å². The summed E-state index contributed by atoms with van der Waals surface area (Å²) in [5, 5.41) is 4.40. The minimum Gasteiger partial charge on any atom is -0.461 e. The molecule has 5 heteroatoms. The minimum absolute atomic E-state index is 0.00334. The number of ether oxygens (including phenoxy) is 2. The number of fused-ring (bicyclic) bond motifs is 1. The van der Waals surface area contributed by atoms with Crippen LogP contribution in [-0.4, -0.2) is 34.6 Å². The second kappa shape index (κ2) is 5.93. The minimum atomic E-state index is -0.102. The molecule has 5 nitrogen and oxygen atoms in total. The Hall–Kier alpha value is -1.36. The Morgan fingerprint density at radius 1 is 1.43 bits per heavy atom. The molecule has 1 aliphatic carbocycles. The number of nitrogens with zero attached hydrogens (tertiary/aromatic N) is 2. The second-order valence-corrected chi connectivity index (χ2v) is 7.60. The molecule has 128 valence electrons. The summed E-state index contributed by atoms with van der Waals surface area (Å²) in [7, 11) is 1.93. The molecular weight excluding hydrogens is 292 g/mol. The first-order valence-electron chi connectivity index (χ1n) is 8.62. The Morgan fingerprint density at radius 3 is 2.83 bits per heavy atom. The van der Waals surface area contributed by atoms with Crippen LogP contribution in [0.1, 0.15) is 50.1 Å². The topological polar surface area (TPSA) is 53.4 Å². The number of carbonyl (C=O) groups excluding carboxylic acids is 1. The largest absolute Gasteiger partial charge is 0.461 e. The predicted molar refractivity (Wildman–Crippen MR) is 87.1 cm³/mol. The van der Waals surface area contributed by atoms with Crippen molar-refractivity contribution < 1.29 is 14.3 Å². The number of rotatable bonds is 4. The quantitative estimate of drug-likeness (QED) is 0.801. The fourth-order valence-corrected chi connectivity index (χ4v) is 4.32. The number of carbonyl (C=O) groups is 1. The van der Waals surface area contributed by atoms with Gasteiger partial charge in [0.1, 0.15) is 6.10 Å². The molecule has 0 radical (unpaired) electrons. The van der Waals surface area contributed by atoms with Gasteiger partial charge in [-0.05, 0) is 38.7 Å². The van der Waals surface area contributed by atoms with E-state index < -0.39 is 0 Å². The van der Waals surface area contributed by atoms with Crippen LogP contribution in [0.25, 0.3) is 0 Å². The van der Waals surface area contributed by atoms with Crippen molar-refractivity contribution in [1.82, 2.24) is 9.78 Å². The lowest BCUT2D eigenvalue weighted by atomic mass is 9.57. The van der Waals surface area contributed by atoms with E-state index in [1.54, 1.807) is 0 Å². The van der Waals surface area contributed by atoms with Crippen LogP contribution in [0.4, 0.5) is 0 Å². The van der Waals surface area contributed by atoms with Crippen molar-refractivity contribution in [3.63, 3.8) is 0 Å². The highest BCUT2D eigenvalue weighted by atomic mass is 16.6. The maximum atomic E-state index is 12.3. The molecular formula is C18H28N2O3. The maximum Gasteiger partial charge on any atom is 0.306 e. The van der Waals surface area contributed by atoms with Gasteiger partial charge in [-0.2, -0.15) is 5.10 Å². The molecule has 2 aliphatic rings. The maximum absolute atomic E-state index is 12.3. The Kier molecular flexibility index (Phi) is 4.25. The molecule has 3 atom stereocenters. The van der Waals surface area contributed by atoms with Crippen molar-refractivity contribution in [2.75, 3.05) is 6.61 Å². The lowest BCUT2D eigenvalue weighted by Crippen LogP contribution is -2.65. The summed E-state index contributed by atoms with van der Waals surface area (Å²) in [6, 6.07) is 0. The van der Waals surface area contributed by atoms with Crippen molar-refractivity contribution in [1.29, 1.82) is 0 Å². The summed E-state index contributed by atoms with van der Waals surface area (Å²) in [6.45, 7) is 9.16. The fourth-order valence-electron chi connectivity index (χ4n) is 4.32. The van der Waals surface area contributed by atoms with Crippen LogP contribution in [-0.2, 0) is 27.7 Å². The monoisotopic (exact) mass is 320 g/mol. The van der Waals surface area contributed by atoms with Gasteiger partial charge in [-0.3, -0.25) is 9.48 Å². The Labute approximate surface area is 138 Å². The van der Waals surface area contributed by atoms with E-state index in [0.29, 0.717) is 18.8 Å². The van der Waals surface area contributed by atoms with E-state index in [1.807, 2.05) is 25.6 Å². The van der Waals surface area contributed by atoms with E-state index in [2.05, 4.69) is 18.9 Å². The zero-order valence-electron chi connectivity index (χ0n) is 14.9. The van der Waals surface area contributed by atoms with Gasteiger partial charge < -0.3 is 9.47 Å². The van der Waals surface area contributed by atoms with Crippen molar-refractivity contribution >= 4 is 5.97 Å². The molecule has 1 aromatic rings. The van der Waals surface area contributed by atoms with E-state index >= 15 is 0 Å². The molecule has 23 heavy (non-hydrogen) atoms. The zero-order valence-corrected chi connectivity index (χ0v) is 14.9. The third-order valence-corrected chi connectivity index (χ3v) is 5.72. The average molecular weight is 320 g/mol. The van der Waals surface area contributed by atoms with Crippen molar-refractivity contribution in [3.8, 4) is 0 Å². The number of aromatic nitrogens is 2. The second-order valence-electron chi connectivity index (χ2n) is 7.60. The smallest absolute Gasteiger partial charge is 0.306 e. The van der Waals surface area contributed by atoms with Crippen LogP contribution in [0, 0.1) is 25.2 Å². The van der Waals surface area contributed by atoms with E-state index in [1.165, 1.54) is 0 Å². The van der Waals surface area contributed by atoms with Crippen molar-refractivity contribution in [2.45, 2.75) is 65.6 Å². The van der Waals surface area contributed by atoms with Gasteiger partial charge >= 0.3 is 5.97 Å². The summed E-state index contributed by atoms with van der Waals surface area (Å²) >= 11 is 0. The lowest BCUT2D eigenvalue weighted by molar-refractivity contribution is -0.254. The molecule has 3 unspecified atom stereocenters. The highest BCUT2D eigenvalue weighted by molar-refractivity contribution is 5.70. The number of aryl methyl sites for hydroxylation is 2. The first kappa shape index (κ1) is 16.5. The molecule has 0 spiro atoms. The Balaban J connectivity index is 1.57. The van der Waals surface area contributed by atoms with E-state index in [9.17, 15) is 4.79 Å². The van der Waals surface area contributed by atoms with Crippen LogP contribution in [0.15, 0.2) is 0 Å². The number of hydrogen-bond acceptors (Lipinski definition) is 4. The van der Waals surface area contributed by atoms with Gasteiger partial charge in [-0.25, -0.2) is 0 Å². The molecule has 1 aliphatic heterocycles. The van der Waals surface area contributed by atoms with E-state index in [4.69, 9.17) is 9.47 Å². The molecule has 0 aromatic carbocycles. The molecule has 1 saturated carbocycles. The summed E-state index contributed by atoms with van der Waals surface area (Å²) in [6.07, 6.45) is 3.53. The van der Waals surface area contributed by atoms with Crippen LogP contribution >= 0.6 is 0 Å². The van der Waals surface area contributed by atoms with Crippen LogP contribution in [0.5, 0.6) is 0 Å². The van der Waals surface area contributed by atoms with Crippen LogP contribution in [0.2, 0.25) is 0 Å². The summed E-state index contributed by atoms with van der Waals surface area (Å²) < 4.78 is 13.6. The number of hydrogen-bond donors (Lipinski definition) is 0. The van der Waals surface area contributed by atoms with Gasteiger partial charge in [-0.1, -0.05) is 13.8 Å². The van der Waals surface area contributed by atoms with Gasteiger partial charge in [0.25, 0.3) is 0 Å². The SMILES string of the molecule is Cc1nn(C)c(C)c1CCC(=O)OC1C2CCCOC2C1(C)C. The highest BCUT2D eigenvalue weighted by Crippen LogP contribution is 2.53. The molecule has 1 saturated heterocycles. The van der Waals surface area contributed by atoms with Gasteiger partial charge in [0, 0.05) is 37.1 Å². The van der Waals surface area contributed by atoms with Crippen LogP contribution < -0.4 is 0 Å². The molecule has 0 bridgehead atoms. The third kappa shape index (κ3) is 2.80. The molecule has 2 fully saturated rings. The third-order valence-electron chi connectivity index (χ3n) is 5.72. The van der Waals surface area contributed by atoms with Crippen molar-refractivity contribution in [3.05, 3.63) is 17.0 Å². The summed E-state index contributed by atoms with van der Waals surface area (Å²) in [4.78, 5) is 12.3. The normalized spacial score (nSPS) is 28.8. The summed E-state index contributed by atoms with van der Waals surface area (Å²) in [5.41, 5.74) is 3.22. The molecule has 3 rings (SSSR count). The summed E-state index contributed by atoms with van der Waals surface area (Å²) in [5.74, 6) is 0.277. The average Bonchev–Trinajstić information content (AvgIpc) is 2.76. The van der Waals surface area contributed by atoms with Crippen LogP contribution in [0.3, 0.4) is 0 Å². The first-order chi connectivity index (χ1) is 10.8. The molecule has 0 amide bonds. The Bertz CT molecular complexity index is 606. The predicted octanol–water partition coefficient (Wildman–Crippen LogP) is 2.72. The van der Waals surface area contributed by atoms with Gasteiger partial charge in [0.05, 0.1) is 11.8 Å². The molecule has 1 aromatic heterocycles. The van der Waals surface area contributed by atoms with Crippen molar-refractivity contribution in [2.24, 2.45) is 18.4 Å². The zero-order chi connectivity index (χ0) is 16.8. The van der Waals surface area contributed by atoms with Gasteiger partial charge in [0.2, 0.25) is 0 Å².